The number of alkyl halides is 5. The number of benzene rings is 1. The van der Waals surface area contributed by atoms with Crippen LogP contribution in [0.25, 0.3) is 0 Å². The van der Waals surface area contributed by atoms with Gasteiger partial charge in [0.05, 0.1) is 23.4 Å². The molecule has 11 nitrogen and oxygen atoms in total. The Hall–Kier alpha value is -4.63. The van der Waals surface area contributed by atoms with Gasteiger partial charge in [-0.3, -0.25) is 24.0 Å². The van der Waals surface area contributed by atoms with E-state index in [0.29, 0.717) is 12.5 Å². The summed E-state index contributed by atoms with van der Waals surface area (Å²) < 4.78 is 69.1. The fourth-order valence-electron chi connectivity index (χ4n) is 4.09. The summed E-state index contributed by atoms with van der Waals surface area (Å²) in [5.41, 5.74) is -2.21. The van der Waals surface area contributed by atoms with Crippen LogP contribution in [-0.4, -0.2) is 60.1 Å². The second-order valence-corrected chi connectivity index (χ2v) is 9.03. The maximum atomic E-state index is 13.3. The number of amides is 4. The zero-order valence-electron chi connectivity index (χ0n) is 21.5. The predicted octanol–water partition coefficient (Wildman–Crippen LogP) is 2.28. The van der Waals surface area contributed by atoms with Crippen molar-refractivity contribution in [2.45, 2.75) is 44.6 Å². The number of nitrogens with zero attached hydrogens (tertiary/aromatic N) is 1. The minimum atomic E-state index is -4.76. The molecule has 0 radical (unpaired) electrons. The molecule has 1 saturated heterocycles. The van der Waals surface area contributed by atoms with Gasteiger partial charge in [-0.1, -0.05) is 6.07 Å². The summed E-state index contributed by atoms with van der Waals surface area (Å²) in [6.07, 6.45) is -4.03. The highest BCUT2D eigenvalue weighted by Crippen LogP contribution is 2.30. The molecule has 1 aromatic carbocycles. The SMILES string of the molecule is CNC(=O)C(=O)[C@H](C[C@@H]1C[C@@H](C)NC1=O)NC(=O)c1cc(OC(F)F)cnc1NC(=O)c1cccc(C(F)(F)F)c1. The number of likely N-dealkylation sites (N-methyl/N-ethyl adjacent to an activating group) is 1. The second-order valence-electron chi connectivity index (χ2n) is 9.03. The van der Waals surface area contributed by atoms with Crippen molar-refractivity contribution in [3.8, 4) is 5.75 Å². The third kappa shape index (κ3) is 7.95. The number of hydrogen-bond donors (Lipinski definition) is 4. The fraction of sp³-hybridized carbons (Fsp3) is 0.360. The third-order valence-electron chi connectivity index (χ3n) is 6.01. The number of rotatable bonds is 10. The molecule has 0 spiro atoms. The van der Waals surface area contributed by atoms with Crippen LogP contribution in [0.1, 0.15) is 46.0 Å². The molecule has 0 aliphatic carbocycles. The zero-order chi connectivity index (χ0) is 30.5. The first kappa shape index (κ1) is 30.9. The Morgan fingerprint density at radius 3 is 2.44 bits per heavy atom. The maximum Gasteiger partial charge on any atom is 0.416 e. The van der Waals surface area contributed by atoms with Gasteiger partial charge in [0.1, 0.15) is 11.6 Å². The van der Waals surface area contributed by atoms with E-state index in [0.717, 1.165) is 30.5 Å². The highest BCUT2D eigenvalue weighted by Gasteiger charge is 2.37. The normalized spacial score (nSPS) is 17.4. The van der Waals surface area contributed by atoms with Crippen LogP contribution in [0.3, 0.4) is 0 Å². The van der Waals surface area contributed by atoms with E-state index in [2.05, 4.69) is 31.0 Å². The summed E-state index contributed by atoms with van der Waals surface area (Å²) in [5.74, 6) is -6.89. The summed E-state index contributed by atoms with van der Waals surface area (Å²) >= 11 is 0. The van der Waals surface area contributed by atoms with Crippen LogP contribution in [0.5, 0.6) is 5.75 Å². The van der Waals surface area contributed by atoms with Gasteiger partial charge in [0, 0.05) is 24.6 Å². The van der Waals surface area contributed by atoms with E-state index in [1.165, 1.54) is 7.05 Å². The Labute approximate surface area is 229 Å². The molecule has 3 atom stereocenters. The lowest BCUT2D eigenvalue weighted by Crippen LogP contribution is -2.48. The second kappa shape index (κ2) is 12.7. The molecule has 2 aromatic rings. The Morgan fingerprint density at radius 2 is 1.85 bits per heavy atom. The molecule has 16 heteroatoms. The number of hydrogen-bond acceptors (Lipinski definition) is 7. The molecule has 0 bridgehead atoms. The molecule has 0 saturated carbocycles. The average Bonchev–Trinajstić information content (AvgIpc) is 3.23. The highest BCUT2D eigenvalue weighted by molar-refractivity contribution is 6.38. The molecule has 1 fully saturated rings. The quantitative estimate of drug-likeness (QED) is 0.246. The molecular formula is C25H24F5N5O6. The van der Waals surface area contributed by atoms with E-state index in [4.69, 9.17) is 0 Å². The van der Waals surface area contributed by atoms with Crippen molar-refractivity contribution >= 4 is 35.2 Å². The Kier molecular flexibility index (Phi) is 9.57. The largest absolute Gasteiger partial charge is 0.433 e. The van der Waals surface area contributed by atoms with Crippen molar-refractivity contribution < 1.29 is 50.7 Å². The molecule has 1 aliphatic heterocycles. The van der Waals surface area contributed by atoms with Crippen LogP contribution in [0.15, 0.2) is 36.5 Å². The van der Waals surface area contributed by atoms with Gasteiger partial charge in [0.2, 0.25) is 11.7 Å². The van der Waals surface area contributed by atoms with Gasteiger partial charge in [-0.05, 0) is 44.0 Å². The molecule has 1 aromatic heterocycles. The van der Waals surface area contributed by atoms with Crippen molar-refractivity contribution in [3.63, 3.8) is 0 Å². The Balaban J connectivity index is 1.94. The van der Waals surface area contributed by atoms with Crippen LogP contribution in [-0.2, 0) is 20.6 Å². The van der Waals surface area contributed by atoms with Crippen molar-refractivity contribution in [2.75, 3.05) is 12.4 Å². The van der Waals surface area contributed by atoms with Crippen LogP contribution < -0.4 is 26.0 Å². The van der Waals surface area contributed by atoms with Crippen molar-refractivity contribution in [2.24, 2.45) is 5.92 Å². The minimum Gasteiger partial charge on any atom is -0.433 e. The van der Waals surface area contributed by atoms with E-state index < -0.39 is 82.4 Å². The maximum absolute atomic E-state index is 13.3. The molecule has 3 rings (SSSR count). The first-order valence-electron chi connectivity index (χ1n) is 12.0. The molecule has 4 N–H and O–H groups in total. The summed E-state index contributed by atoms with van der Waals surface area (Å²) in [7, 11) is 1.17. The number of carbonyl (C=O) groups is 5. The molecule has 2 heterocycles. The van der Waals surface area contributed by atoms with Gasteiger partial charge in [-0.2, -0.15) is 22.0 Å². The summed E-state index contributed by atoms with van der Waals surface area (Å²) in [6, 6.07) is 2.29. The lowest BCUT2D eigenvalue weighted by atomic mass is 9.94. The number of aromatic nitrogens is 1. The average molecular weight is 585 g/mol. The van der Waals surface area contributed by atoms with Gasteiger partial charge in [0.25, 0.3) is 17.7 Å². The zero-order valence-corrected chi connectivity index (χ0v) is 21.5. The van der Waals surface area contributed by atoms with Crippen LogP contribution >= 0.6 is 0 Å². The lowest BCUT2D eigenvalue weighted by molar-refractivity contribution is -0.139. The third-order valence-corrected chi connectivity index (χ3v) is 6.01. The predicted molar refractivity (Wildman–Crippen MR) is 131 cm³/mol. The van der Waals surface area contributed by atoms with E-state index in [9.17, 15) is 45.9 Å². The van der Waals surface area contributed by atoms with Gasteiger partial charge < -0.3 is 26.0 Å². The van der Waals surface area contributed by atoms with Crippen molar-refractivity contribution in [1.82, 2.24) is 20.9 Å². The van der Waals surface area contributed by atoms with Crippen LogP contribution in [0.2, 0.25) is 0 Å². The molecule has 4 amide bonds. The smallest absolute Gasteiger partial charge is 0.416 e. The van der Waals surface area contributed by atoms with E-state index in [1.54, 1.807) is 6.92 Å². The highest BCUT2D eigenvalue weighted by atomic mass is 19.4. The van der Waals surface area contributed by atoms with E-state index >= 15 is 0 Å². The van der Waals surface area contributed by atoms with Gasteiger partial charge in [-0.15, -0.1) is 0 Å². The standard InChI is InChI=1S/C25H24F5N5O6/c1-11-6-13(21(38)33-11)8-17(18(36)23(40)31-2)34-22(39)16-9-15(41-24(26)27)10-32-19(16)35-20(37)12-4-3-5-14(7-12)25(28,29)30/h3-5,7,9-11,13,17,24H,6,8H2,1-2H3,(H,31,40)(H,33,38)(H,34,39)(H,32,35,37)/t11-,13+,17+/m1/s1. The van der Waals surface area contributed by atoms with Crippen molar-refractivity contribution in [3.05, 3.63) is 53.2 Å². The minimum absolute atomic E-state index is 0.232. The van der Waals surface area contributed by atoms with Crippen LogP contribution in [0, 0.1) is 5.92 Å². The summed E-state index contributed by atoms with van der Waals surface area (Å²) in [4.78, 5) is 66.8. The first-order valence-corrected chi connectivity index (χ1v) is 12.0. The van der Waals surface area contributed by atoms with E-state index in [-0.39, 0.29) is 12.5 Å². The molecule has 220 valence electrons. The number of nitrogens with one attached hydrogen (secondary N) is 4. The van der Waals surface area contributed by atoms with Crippen LogP contribution in [0.4, 0.5) is 27.8 Å². The topological polar surface area (TPSA) is 156 Å². The van der Waals surface area contributed by atoms with Gasteiger partial charge >= 0.3 is 12.8 Å². The Morgan fingerprint density at radius 1 is 1.15 bits per heavy atom. The Bertz CT molecular complexity index is 1350. The first-order chi connectivity index (χ1) is 19.2. The van der Waals surface area contributed by atoms with Gasteiger partial charge in [0.15, 0.2) is 0 Å². The molecule has 1 aliphatic rings. The fourth-order valence-corrected chi connectivity index (χ4v) is 4.09. The molecular weight excluding hydrogens is 561 g/mol. The monoisotopic (exact) mass is 585 g/mol. The van der Waals surface area contributed by atoms with E-state index in [1.807, 2.05) is 0 Å². The number of ether oxygens (including phenoxy) is 1. The number of Topliss-reactive ketones (excluding diaryl/α,β-unsaturated/α-hetero) is 1. The molecule has 0 unspecified atom stereocenters. The lowest BCUT2D eigenvalue weighted by Gasteiger charge is -2.20. The number of halogens is 5. The number of pyridine rings is 1. The van der Waals surface area contributed by atoms with Crippen molar-refractivity contribution in [1.29, 1.82) is 0 Å². The van der Waals surface area contributed by atoms with Gasteiger partial charge in [-0.25, -0.2) is 4.98 Å². The number of anilines is 1. The summed E-state index contributed by atoms with van der Waals surface area (Å²) in [5, 5.41) is 9.16. The summed E-state index contributed by atoms with van der Waals surface area (Å²) in [6.45, 7) is -1.62. The molecule has 41 heavy (non-hydrogen) atoms. The number of ketones is 1. The number of carbonyl (C=O) groups excluding carboxylic acids is 5.